The Kier molecular flexibility index (Phi) is 6.49. The molecule has 1 aliphatic carbocycles. The van der Waals surface area contributed by atoms with Crippen LogP contribution in [0.15, 0.2) is 66.7 Å². The molecule has 1 aliphatic rings. The third-order valence-electron chi connectivity index (χ3n) is 5.85. The number of carbonyl (C=O) groups excluding carboxylic acids is 1. The topological polar surface area (TPSA) is 94.1 Å². The molecule has 1 amide bonds. The van der Waals surface area contributed by atoms with Gasteiger partial charge in [-0.25, -0.2) is 9.59 Å². The average Bonchev–Trinajstić information content (AvgIpc) is 3.16. The Hall–Kier alpha value is -4.00. The smallest absolute Gasteiger partial charge is 0.407 e. The first-order valence-corrected chi connectivity index (χ1v) is 10.6. The number of hydrogen-bond donors (Lipinski definition) is 2. The Morgan fingerprint density at radius 1 is 0.939 bits per heavy atom. The van der Waals surface area contributed by atoms with Crippen molar-refractivity contribution in [3.05, 3.63) is 83.4 Å². The summed E-state index contributed by atoms with van der Waals surface area (Å²) in [5.74, 6) is -0.203. The number of nitrogens with one attached hydrogen (secondary N) is 1. The molecule has 0 aromatic heterocycles. The zero-order valence-corrected chi connectivity index (χ0v) is 18.4. The maximum Gasteiger partial charge on any atom is 0.407 e. The molecule has 0 saturated carbocycles. The van der Waals surface area contributed by atoms with Crippen LogP contribution in [0.3, 0.4) is 0 Å². The van der Waals surface area contributed by atoms with Crippen LogP contribution in [0.1, 0.15) is 22.6 Å². The third kappa shape index (κ3) is 4.62. The summed E-state index contributed by atoms with van der Waals surface area (Å²) in [7, 11) is 3.02. The number of carbonyl (C=O) groups is 2. The summed E-state index contributed by atoms with van der Waals surface area (Å²) in [6.45, 7) is 0.106. The van der Waals surface area contributed by atoms with E-state index in [9.17, 15) is 14.7 Å². The van der Waals surface area contributed by atoms with Crippen molar-refractivity contribution in [2.45, 2.75) is 18.4 Å². The van der Waals surface area contributed by atoms with Gasteiger partial charge in [-0.05, 0) is 40.5 Å². The number of fused-ring (bicyclic) bond motifs is 3. The molecule has 0 saturated heterocycles. The van der Waals surface area contributed by atoms with Gasteiger partial charge in [-0.3, -0.25) is 0 Å². The monoisotopic (exact) mass is 447 g/mol. The van der Waals surface area contributed by atoms with Crippen molar-refractivity contribution < 1.29 is 28.9 Å². The van der Waals surface area contributed by atoms with Crippen molar-refractivity contribution in [1.29, 1.82) is 0 Å². The Morgan fingerprint density at radius 2 is 1.58 bits per heavy atom. The number of alkyl carbamates (subject to hydrolysis) is 1. The highest BCUT2D eigenvalue weighted by molar-refractivity contribution is 5.81. The first kappa shape index (κ1) is 22.2. The Balaban J connectivity index is 1.45. The minimum atomic E-state index is -1.19. The third-order valence-corrected chi connectivity index (χ3v) is 5.85. The number of carboxylic acid groups (broad SMARTS) is 1. The molecule has 3 aromatic rings. The van der Waals surface area contributed by atoms with Gasteiger partial charge in [0.25, 0.3) is 0 Å². The molecule has 1 atom stereocenters. The minimum absolute atomic E-state index is 0.0138. The number of aliphatic carboxylic acids is 1. The second kappa shape index (κ2) is 9.65. The van der Waals surface area contributed by atoms with E-state index in [0.29, 0.717) is 17.1 Å². The molecule has 7 nitrogen and oxygen atoms in total. The fourth-order valence-electron chi connectivity index (χ4n) is 4.24. The van der Waals surface area contributed by atoms with Crippen LogP contribution in [0.4, 0.5) is 4.79 Å². The maximum absolute atomic E-state index is 12.6. The van der Waals surface area contributed by atoms with E-state index in [1.54, 1.807) is 18.2 Å². The van der Waals surface area contributed by atoms with Gasteiger partial charge in [0.05, 0.1) is 14.2 Å². The summed E-state index contributed by atoms with van der Waals surface area (Å²) in [6.07, 6.45) is -0.772. The molecule has 4 rings (SSSR count). The SMILES string of the molecule is COc1ccc(OC)c(CC(NC(=O)OCC2c3ccccc3-c3ccccc32)C(=O)O)c1. The van der Waals surface area contributed by atoms with Crippen LogP contribution in [0, 0.1) is 0 Å². The number of rotatable bonds is 8. The number of ether oxygens (including phenoxy) is 3. The van der Waals surface area contributed by atoms with E-state index in [0.717, 1.165) is 22.3 Å². The molecule has 0 fully saturated rings. The Morgan fingerprint density at radius 3 is 2.15 bits per heavy atom. The van der Waals surface area contributed by atoms with Crippen LogP contribution in [0.25, 0.3) is 11.1 Å². The lowest BCUT2D eigenvalue weighted by molar-refractivity contribution is -0.139. The van der Waals surface area contributed by atoms with E-state index < -0.39 is 18.1 Å². The van der Waals surface area contributed by atoms with Crippen LogP contribution >= 0.6 is 0 Å². The van der Waals surface area contributed by atoms with E-state index in [-0.39, 0.29) is 18.9 Å². The Bertz CT molecular complexity index is 1130. The number of hydrogen-bond acceptors (Lipinski definition) is 5. The van der Waals surface area contributed by atoms with E-state index in [1.807, 2.05) is 36.4 Å². The van der Waals surface area contributed by atoms with Crippen LogP contribution in [-0.4, -0.2) is 44.0 Å². The van der Waals surface area contributed by atoms with E-state index >= 15 is 0 Å². The maximum atomic E-state index is 12.6. The predicted molar refractivity (Wildman–Crippen MR) is 123 cm³/mol. The van der Waals surface area contributed by atoms with Gasteiger partial charge in [-0.2, -0.15) is 0 Å². The van der Waals surface area contributed by atoms with Crippen molar-refractivity contribution in [3.8, 4) is 22.6 Å². The number of amides is 1. The second-order valence-electron chi connectivity index (χ2n) is 7.74. The lowest BCUT2D eigenvalue weighted by atomic mass is 9.98. The van der Waals surface area contributed by atoms with Gasteiger partial charge in [-0.1, -0.05) is 48.5 Å². The first-order valence-electron chi connectivity index (χ1n) is 10.6. The molecular weight excluding hydrogens is 422 g/mol. The standard InChI is InChI=1S/C26H25NO6/c1-31-17-11-12-24(32-2)16(13-17)14-23(25(28)29)27-26(30)33-15-22-20-9-5-3-7-18(20)19-8-4-6-10-21(19)22/h3-13,22-23H,14-15H2,1-2H3,(H,27,30)(H,28,29). The van der Waals surface area contributed by atoms with Crippen LogP contribution in [0.5, 0.6) is 11.5 Å². The molecule has 0 spiro atoms. The fraction of sp³-hybridized carbons (Fsp3) is 0.231. The van der Waals surface area contributed by atoms with Gasteiger partial charge < -0.3 is 24.6 Å². The highest BCUT2D eigenvalue weighted by atomic mass is 16.5. The average molecular weight is 447 g/mol. The lowest BCUT2D eigenvalue weighted by Gasteiger charge is -2.18. The molecule has 0 radical (unpaired) electrons. The zero-order valence-electron chi connectivity index (χ0n) is 18.4. The van der Waals surface area contributed by atoms with Gasteiger partial charge in [0.1, 0.15) is 24.1 Å². The molecule has 0 heterocycles. The van der Waals surface area contributed by atoms with E-state index in [2.05, 4.69) is 17.4 Å². The molecule has 0 aliphatic heterocycles. The van der Waals surface area contributed by atoms with Gasteiger partial charge in [0, 0.05) is 17.9 Å². The highest BCUT2D eigenvalue weighted by Gasteiger charge is 2.30. The normalized spacial score (nSPS) is 12.9. The van der Waals surface area contributed by atoms with Crippen molar-refractivity contribution >= 4 is 12.1 Å². The molecular formula is C26H25NO6. The van der Waals surface area contributed by atoms with Crippen LogP contribution in [-0.2, 0) is 16.0 Å². The van der Waals surface area contributed by atoms with Crippen molar-refractivity contribution in [3.63, 3.8) is 0 Å². The van der Waals surface area contributed by atoms with Crippen LogP contribution in [0.2, 0.25) is 0 Å². The van der Waals surface area contributed by atoms with Gasteiger partial charge >= 0.3 is 12.1 Å². The number of methoxy groups -OCH3 is 2. The quantitative estimate of drug-likeness (QED) is 0.537. The minimum Gasteiger partial charge on any atom is -0.497 e. The number of benzene rings is 3. The summed E-state index contributed by atoms with van der Waals surface area (Å²) >= 11 is 0. The summed E-state index contributed by atoms with van der Waals surface area (Å²) < 4.78 is 16.0. The summed E-state index contributed by atoms with van der Waals surface area (Å²) in [5, 5.41) is 12.1. The first-order chi connectivity index (χ1) is 16.0. The summed E-state index contributed by atoms with van der Waals surface area (Å²) in [5.41, 5.74) is 5.01. The molecule has 7 heteroatoms. The van der Waals surface area contributed by atoms with E-state index in [1.165, 1.54) is 14.2 Å². The lowest BCUT2D eigenvalue weighted by Crippen LogP contribution is -2.43. The Labute approximate surface area is 191 Å². The van der Waals surface area contributed by atoms with Crippen LogP contribution < -0.4 is 14.8 Å². The largest absolute Gasteiger partial charge is 0.497 e. The molecule has 3 aromatic carbocycles. The fourth-order valence-corrected chi connectivity index (χ4v) is 4.24. The zero-order chi connectivity index (χ0) is 23.4. The molecule has 170 valence electrons. The second-order valence-corrected chi connectivity index (χ2v) is 7.74. The molecule has 1 unspecified atom stereocenters. The molecule has 0 bridgehead atoms. The van der Waals surface area contributed by atoms with Crippen molar-refractivity contribution in [2.75, 3.05) is 20.8 Å². The predicted octanol–water partition coefficient (Wildman–Crippen LogP) is 4.24. The summed E-state index contributed by atoms with van der Waals surface area (Å²) in [6, 6.07) is 19.9. The molecule has 33 heavy (non-hydrogen) atoms. The van der Waals surface area contributed by atoms with Gasteiger partial charge in [-0.15, -0.1) is 0 Å². The van der Waals surface area contributed by atoms with Gasteiger partial charge in [0.2, 0.25) is 0 Å². The van der Waals surface area contributed by atoms with Gasteiger partial charge in [0.15, 0.2) is 0 Å². The van der Waals surface area contributed by atoms with Crippen molar-refractivity contribution in [2.24, 2.45) is 0 Å². The number of carboxylic acids is 1. The summed E-state index contributed by atoms with van der Waals surface area (Å²) in [4.78, 5) is 24.4. The van der Waals surface area contributed by atoms with Crippen molar-refractivity contribution in [1.82, 2.24) is 5.32 Å². The molecule has 2 N–H and O–H groups in total. The highest BCUT2D eigenvalue weighted by Crippen LogP contribution is 2.44. The van der Waals surface area contributed by atoms with E-state index in [4.69, 9.17) is 14.2 Å².